The summed E-state index contributed by atoms with van der Waals surface area (Å²) in [5.74, 6) is 0.336. The zero-order valence-electron chi connectivity index (χ0n) is 10.8. The number of hydrogen-bond donors (Lipinski definition) is 1. The fourth-order valence-electron chi connectivity index (χ4n) is 1.62. The van der Waals surface area contributed by atoms with Gasteiger partial charge in [0.25, 0.3) is 0 Å². The van der Waals surface area contributed by atoms with Crippen LogP contribution in [0.5, 0.6) is 5.75 Å². The Balaban J connectivity index is 3.14. The van der Waals surface area contributed by atoms with Crippen LogP contribution >= 0.6 is 11.6 Å². The molecule has 18 heavy (non-hydrogen) atoms. The molecule has 102 valence electrons. The van der Waals surface area contributed by atoms with Gasteiger partial charge in [-0.25, -0.2) is 13.1 Å². The third-order valence-corrected chi connectivity index (χ3v) is 4.21. The van der Waals surface area contributed by atoms with Gasteiger partial charge in [0.05, 0.1) is 7.11 Å². The Morgan fingerprint density at radius 3 is 2.61 bits per heavy atom. The van der Waals surface area contributed by atoms with Crippen LogP contribution in [0.1, 0.15) is 25.3 Å². The Hall–Kier alpha value is -0.780. The molecule has 0 aliphatic heterocycles. The summed E-state index contributed by atoms with van der Waals surface area (Å²) in [6.07, 6.45) is 1.72. The van der Waals surface area contributed by atoms with Crippen LogP contribution in [-0.4, -0.2) is 22.1 Å². The first-order chi connectivity index (χ1) is 8.42. The number of benzene rings is 1. The first kappa shape index (κ1) is 15.3. The zero-order chi connectivity index (χ0) is 13.8. The quantitative estimate of drug-likeness (QED) is 0.820. The molecular formula is C12H18ClNO3S. The Labute approximate surface area is 113 Å². The highest BCUT2D eigenvalue weighted by atomic mass is 35.5. The molecule has 0 spiro atoms. The second-order valence-corrected chi connectivity index (χ2v) is 6.18. The van der Waals surface area contributed by atoms with Crippen molar-refractivity contribution in [3.63, 3.8) is 0 Å². The van der Waals surface area contributed by atoms with E-state index in [0.29, 0.717) is 22.9 Å². The molecule has 0 aromatic heterocycles. The number of aryl methyl sites for hydroxylation is 1. The number of methoxy groups -OCH3 is 1. The van der Waals surface area contributed by atoms with E-state index in [1.165, 1.54) is 13.2 Å². The van der Waals surface area contributed by atoms with Crippen LogP contribution in [0.3, 0.4) is 0 Å². The maximum absolute atomic E-state index is 12.1. The minimum Gasteiger partial charge on any atom is -0.495 e. The number of unbranched alkanes of at least 4 members (excludes halogenated alkanes) is 1. The van der Waals surface area contributed by atoms with Crippen LogP contribution in [0.2, 0.25) is 5.02 Å². The molecular weight excluding hydrogens is 274 g/mol. The average Bonchev–Trinajstić information content (AvgIpc) is 2.28. The van der Waals surface area contributed by atoms with Crippen LogP contribution < -0.4 is 9.46 Å². The lowest BCUT2D eigenvalue weighted by atomic mass is 10.2. The number of hydrogen-bond acceptors (Lipinski definition) is 3. The summed E-state index contributed by atoms with van der Waals surface area (Å²) in [6.45, 7) is 4.17. The van der Waals surface area contributed by atoms with Gasteiger partial charge in [-0.3, -0.25) is 0 Å². The van der Waals surface area contributed by atoms with E-state index >= 15 is 0 Å². The van der Waals surface area contributed by atoms with Gasteiger partial charge in [0.2, 0.25) is 10.0 Å². The standard InChI is InChI=1S/C12H18ClNO3S/c1-4-5-6-14-18(15,16)11-8-10(13)7-9(2)12(11)17-3/h7-8,14H,4-6H2,1-3H3. The van der Waals surface area contributed by atoms with Crippen LogP contribution in [0.15, 0.2) is 17.0 Å². The molecule has 0 unspecified atom stereocenters. The molecule has 0 radical (unpaired) electrons. The Bertz CT molecular complexity index is 514. The fraction of sp³-hybridized carbons (Fsp3) is 0.500. The van der Waals surface area contributed by atoms with Gasteiger partial charge >= 0.3 is 0 Å². The SMILES string of the molecule is CCCCNS(=O)(=O)c1cc(Cl)cc(C)c1OC. The smallest absolute Gasteiger partial charge is 0.244 e. The van der Waals surface area contributed by atoms with Gasteiger partial charge in [-0.15, -0.1) is 0 Å². The zero-order valence-corrected chi connectivity index (χ0v) is 12.4. The molecule has 0 aliphatic rings. The highest BCUT2D eigenvalue weighted by Gasteiger charge is 2.21. The molecule has 6 heteroatoms. The van der Waals surface area contributed by atoms with Crippen LogP contribution in [-0.2, 0) is 10.0 Å². The molecule has 1 aromatic rings. The van der Waals surface area contributed by atoms with Crippen LogP contribution in [0, 0.1) is 6.92 Å². The fourth-order valence-corrected chi connectivity index (χ4v) is 3.30. The van der Waals surface area contributed by atoms with Crippen molar-refractivity contribution in [2.24, 2.45) is 0 Å². The number of halogens is 1. The highest BCUT2D eigenvalue weighted by molar-refractivity contribution is 7.89. The van der Waals surface area contributed by atoms with Crippen molar-refractivity contribution in [1.29, 1.82) is 0 Å². The summed E-state index contributed by atoms with van der Waals surface area (Å²) >= 11 is 5.90. The molecule has 0 amide bonds. The molecule has 1 N–H and O–H groups in total. The third kappa shape index (κ3) is 3.60. The molecule has 0 saturated heterocycles. The molecule has 0 heterocycles. The van der Waals surface area contributed by atoms with Gasteiger partial charge in [-0.05, 0) is 31.0 Å². The predicted molar refractivity (Wildman–Crippen MR) is 72.8 cm³/mol. The van der Waals surface area contributed by atoms with Gasteiger partial charge in [0, 0.05) is 11.6 Å². The molecule has 1 rings (SSSR count). The van der Waals surface area contributed by atoms with Crippen molar-refractivity contribution in [3.8, 4) is 5.75 Å². The largest absolute Gasteiger partial charge is 0.495 e. The Morgan fingerprint density at radius 1 is 1.39 bits per heavy atom. The van der Waals surface area contributed by atoms with Gasteiger partial charge in [0.1, 0.15) is 10.6 Å². The van der Waals surface area contributed by atoms with Gasteiger partial charge in [-0.2, -0.15) is 0 Å². The molecule has 1 aromatic carbocycles. The Kier molecular flexibility index (Phi) is 5.44. The maximum atomic E-state index is 12.1. The summed E-state index contributed by atoms with van der Waals surface area (Å²) in [7, 11) is -2.13. The molecule has 0 aliphatic carbocycles. The van der Waals surface area contributed by atoms with Gasteiger partial charge in [-0.1, -0.05) is 24.9 Å². The number of nitrogens with one attached hydrogen (secondary N) is 1. The van der Waals surface area contributed by atoms with Crippen LogP contribution in [0.25, 0.3) is 0 Å². The van der Waals surface area contributed by atoms with Crippen molar-refractivity contribution >= 4 is 21.6 Å². The summed E-state index contributed by atoms with van der Waals surface area (Å²) in [5.41, 5.74) is 0.695. The number of ether oxygens (including phenoxy) is 1. The average molecular weight is 292 g/mol. The lowest BCUT2D eigenvalue weighted by Crippen LogP contribution is -2.25. The second kappa shape index (κ2) is 6.41. The van der Waals surface area contributed by atoms with Crippen molar-refractivity contribution in [1.82, 2.24) is 4.72 Å². The van der Waals surface area contributed by atoms with Crippen molar-refractivity contribution < 1.29 is 13.2 Å². The van der Waals surface area contributed by atoms with E-state index in [-0.39, 0.29) is 4.90 Å². The van der Waals surface area contributed by atoms with Crippen molar-refractivity contribution in [2.75, 3.05) is 13.7 Å². The summed E-state index contributed by atoms with van der Waals surface area (Å²) < 4.78 is 32.0. The highest BCUT2D eigenvalue weighted by Crippen LogP contribution is 2.30. The normalized spacial score (nSPS) is 11.6. The minimum absolute atomic E-state index is 0.0890. The van der Waals surface area contributed by atoms with E-state index in [2.05, 4.69) is 4.72 Å². The van der Waals surface area contributed by atoms with E-state index in [0.717, 1.165) is 12.8 Å². The Morgan fingerprint density at radius 2 is 2.06 bits per heavy atom. The third-order valence-electron chi connectivity index (χ3n) is 2.52. The van der Waals surface area contributed by atoms with E-state index in [9.17, 15) is 8.42 Å². The summed E-state index contributed by atoms with van der Waals surface area (Å²) in [6, 6.07) is 3.08. The van der Waals surface area contributed by atoms with E-state index in [1.54, 1.807) is 13.0 Å². The predicted octanol–water partition coefficient (Wildman–Crippen LogP) is 2.74. The molecule has 0 saturated carbocycles. The first-order valence-corrected chi connectivity index (χ1v) is 7.62. The maximum Gasteiger partial charge on any atom is 0.244 e. The van der Waals surface area contributed by atoms with Gasteiger partial charge in [0.15, 0.2) is 0 Å². The van der Waals surface area contributed by atoms with Crippen molar-refractivity contribution in [2.45, 2.75) is 31.6 Å². The van der Waals surface area contributed by atoms with E-state index in [4.69, 9.17) is 16.3 Å². The van der Waals surface area contributed by atoms with E-state index in [1.807, 2.05) is 6.92 Å². The molecule has 0 bridgehead atoms. The molecule has 0 atom stereocenters. The topological polar surface area (TPSA) is 55.4 Å². The molecule has 0 fully saturated rings. The lowest BCUT2D eigenvalue weighted by molar-refractivity contribution is 0.399. The van der Waals surface area contributed by atoms with Crippen molar-refractivity contribution in [3.05, 3.63) is 22.7 Å². The van der Waals surface area contributed by atoms with Gasteiger partial charge < -0.3 is 4.74 Å². The summed E-state index contributed by atoms with van der Waals surface area (Å²) in [4.78, 5) is 0.0890. The minimum atomic E-state index is -3.58. The second-order valence-electron chi connectivity index (χ2n) is 4.01. The lowest BCUT2D eigenvalue weighted by Gasteiger charge is -2.13. The number of sulfonamides is 1. The first-order valence-electron chi connectivity index (χ1n) is 5.76. The monoisotopic (exact) mass is 291 g/mol. The molecule has 4 nitrogen and oxygen atoms in total. The number of rotatable bonds is 6. The van der Waals surface area contributed by atoms with Crippen LogP contribution in [0.4, 0.5) is 0 Å². The summed E-state index contributed by atoms with van der Waals surface area (Å²) in [5, 5.41) is 0.379. The van der Waals surface area contributed by atoms with E-state index < -0.39 is 10.0 Å².